The fraction of sp³-hybridized carbons (Fsp3) is 0.333. The molecule has 0 fully saturated rings. The second kappa shape index (κ2) is 7.12. The van der Waals surface area contributed by atoms with Crippen molar-refractivity contribution in [3.05, 3.63) is 52.4 Å². The molecule has 0 aliphatic carbocycles. The maximum absolute atomic E-state index is 12.3. The van der Waals surface area contributed by atoms with E-state index in [-0.39, 0.29) is 12.3 Å². The predicted molar refractivity (Wildman–Crippen MR) is 92.7 cm³/mol. The number of benzene rings is 1. The monoisotopic (exact) mass is 373 g/mol. The average molecular weight is 374 g/mol. The van der Waals surface area contributed by atoms with Gasteiger partial charge in [-0.15, -0.1) is 11.3 Å². The molecule has 0 radical (unpaired) electrons. The molecule has 0 aliphatic rings. The maximum Gasteiger partial charge on any atom is 0.250 e. The fourth-order valence-electron chi connectivity index (χ4n) is 2.07. The van der Waals surface area contributed by atoms with Gasteiger partial charge in [0.1, 0.15) is 4.21 Å². The summed E-state index contributed by atoms with van der Waals surface area (Å²) in [6, 6.07) is 10.3. The van der Waals surface area contributed by atoms with Gasteiger partial charge in [-0.05, 0) is 29.7 Å². The van der Waals surface area contributed by atoms with Crippen molar-refractivity contribution in [2.75, 3.05) is 6.26 Å². The highest BCUT2D eigenvalue weighted by Gasteiger charge is 2.16. The normalized spacial score (nSPS) is 12.4. The summed E-state index contributed by atoms with van der Waals surface area (Å²) < 4.78 is 50.0. The van der Waals surface area contributed by atoms with Crippen LogP contribution in [0.1, 0.15) is 22.9 Å². The Morgan fingerprint density at radius 3 is 2.35 bits per heavy atom. The maximum atomic E-state index is 12.3. The van der Waals surface area contributed by atoms with Crippen LogP contribution in [-0.4, -0.2) is 23.1 Å². The lowest BCUT2D eigenvalue weighted by Gasteiger charge is -2.07. The molecule has 0 spiro atoms. The summed E-state index contributed by atoms with van der Waals surface area (Å²) in [5.41, 5.74) is 1.37. The van der Waals surface area contributed by atoms with Crippen LogP contribution >= 0.6 is 11.3 Å². The van der Waals surface area contributed by atoms with Crippen molar-refractivity contribution in [3.63, 3.8) is 0 Å². The zero-order valence-electron chi connectivity index (χ0n) is 12.9. The molecular formula is C15H19NO4S3. The molecule has 0 aliphatic heterocycles. The second-order valence-electron chi connectivity index (χ2n) is 5.29. The van der Waals surface area contributed by atoms with Gasteiger partial charge in [-0.3, -0.25) is 0 Å². The Bertz CT molecular complexity index is 883. The first-order valence-corrected chi connectivity index (χ1v) is 11.4. The highest BCUT2D eigenvalue weighted by atomic mass is 32.2. The van der Waals surface area contributed by atoms with E-state index in [2.05, 4.69) is 4.72 Å². The molecule has 1 N–H and O–H groups in total. The van der Waals surface area contributed by atoms with Crippen LogP contribution in [0.2, 0.25) is 0 Å². The number of thiophene rings is 1. The molecule has 1 aromatic heterocycles. The molecule has 0 saturated carbocycles. The minimum Gasteiger partial charge on any atom is -0.229 e. The molecule has 0 atom stereocenters. The van der Waals surface area contributed by atoms with E-state index in [0.717, 1.165) is 16.9 Å². The quantitative estimate of drug-likeness (QED) is 0.808. The number of sulfone groups is 1. The van der Waals surface area contributed by atoms with E-state index in [1.54, 1.807) is 30.3 Å². The molecule has 8 heteroatoms. The Morgan fingerprint density at radius 1 is 1.04 bits per heavy atom. The summed E-state index contributed by atoms with van der Waals surface area (Å²) in [7, 11) is -6.66. The number of nitrogens with one attached hydrogen (secondary N) is 1. The van der Waals surface area contributed by atoms with Crippen LogP contribution in [0, 0.1) is 0 Å². The van der Waals surface area contributed by atoms with Gasteiger partial charge in [-0.25, -0.2) is 21.6 Å². The van der Waals surface area contributed by atoms with Gasteiger partial charge in [0.15, 0.2) is 9.84 Å². The third-order valence-electron chi connectivity index (χ3n) is 3.14. The van der Waals surface area contributed by atoms with E-state index >= 15 is 0 Å². The van der Waals surface area contributed by atoms with Gasteiger partial charge in [0.05, 0.1) is 5.75 Å². The van der Waals surface area contributed by atoms with Crippen molar-refractivity contribution in [1.29, 1.82) is 0 Å². The standard InChI is InChI=1S/C15H19NO4S3/c1-3-14-7-8-15(21-14)23(19,20)16-10-12-5-4-6-13(9-12)11-22(2,17)18/h4-9,16H,3,10-11H2,1-2H3. The lowest BCUT2D eigenvalue weighted by molar-refractivity contribution is 0.583. The molecule has 23 heavy (non-hydrogen) atoms. The fourth-order valence-corrected chi connectivity index (χ4v) is 5.22. The minimum absolute atomic E-state index is 0.0572. The first-order chi connectivity index (χ1) is 10.7. The van der Waals surface area contributed by atoms with Crippen LogP contribution in [0.25, 0.3) is 0 Å². The molecule has 1 heterocycles. The highest BCUT2D eigenvalue weighted by molar-refractivity contribution is 7.91. The van der Waals surface area contributed by atoms with E-state index in [9.17, 15) is 16.8 Å². The van der Waals surface area contributed by atoms with E-state index in [0.29, 0.717) is 9.77 Å². The van der Waals surface area contributed by atoms with Crippen molar-refractivity contribution >= 4 is 31.2 Å². The first-order valence-electron chi connectivity index (χ1n) is 7.03. The van der Waals surface area contributed by atoms with Crippen molar-refractivity contribution in [1.82, 2.24) is 4.72 Å². The molecule has 2 rings (SSSR count). The summed E-state index contributed by atoms with van der Waals surface area (Å²) in [6.45, 7) is 2.10. The third kappa shape index (κ3) is 5.42. The van der Waals surface area contributed by atoms with E-state index in [4.69, 9.17) is 0 Å². The molecule has 0 amide bonds. The Labute approximate surface area is 141 Å². The van der Waals surface area contributed by atoms with Gasteiger partial charge in [0.25, 0.3) is 0 Å². The topological polar surface area (TPSA) is 80.3 Å². The first kappa shape index (κ1) is 18.1. The van der Waals surface area contributed by atoms with Gasteiger partial charge in [-0.2, -0.15) is 0 Å². The van der Waals surface area contributed by atoms with Gasteiger partial charge < -0.3 is 0 Å². The van der Waals surface area contributed by atoms with Gasteiger partial charge in [0, 0.05) is 17.7 Å². The largest absolute Gasteiger partial charge is 0.250 e. The Hall–Kier alpha value is -1.22. The van der Waals surface area contributed by atoms with Crippen LogP contribution in [0.15, 0.2) is 40.6 Å². The van der Waals surface area contributed by atoms with Crippen LogP contribution in [0.5, 0.6) is 0 Å². The minimum atomic E-state index is -3.55. The number of sulfonamides is 1. The molecule has 0 unspecified atom stereocenters. The molecule has 1 aromatic carbocycles. The number of hydrogen-bond donors (Lipinski definition) is 1. The van der Waals surface area contributed by atoms with Crippen LogP contribution in [0.3, 0.4) is 0 Å². The van der Waals surface area contributed by atoms with E-state index in [1.165, 1.54) is 17.6 Å². The molecule has 0 saturated heterocycles. The number of aryl methyl sites for hydroxylation is 1. The lowest BCUT2D eigenvalue weighted by Crippen LogP contribution is -2.22. The molecule has 5 nitrogen and oxygen atoms in total. The molecule has 2 aromatic rings. The number of hydrogen-bond acceptors (Lipinski definition) is 5. The Balaban J connectivity index is 2.09. The summed E-state index contributed by atoms with van der Waals surface area (Å²) in [5, 5.41) is 0. The predicted octanol–water partition coefficient (Wildman–Crippen LogP) is 2.33. The molecule has 126 valence electrons. The van der Waals surface area contributed by atoms with Crippen molar-refractivity contribution < 1.29 is 16.8 Å². The van der Waals surface area contributed by atoms with Crippen LogP contribution in [0.4, 0.5) is 0 Å². The SMILES string of the molecule is CCc1ccc(S(=O)(=O)NCc2cccc(CS(C)(=O)=O)c2)s1. The zero-order valence-corrected chi connectivity index (χ0v) is 15.4. The molecule has 0 bridgehead atoms. The number of rotatable bonds is 7. The Morgan fingerprint density at radius 2 is 1.74 bits per heavy atom. The Kier molecular flexibility index (Phi) is 5.61. The van der Waals surface area contributed by atoms with E-state index < -0.39 is 19.9 Å². The smallest absolute Gasteiger partial charge is 0.229 e. The zero-order chi connectivity index (χ0) is 17.1. The third-order valence-corrected chi connectivity index (χ3v) is 7.12. The van der Waals surface area contributed by atoms with Crippen molar-refractivity contribution in [2.45, 2.75) is 29.9 Å². The van der Waals surface area contributed by atoms with Gasteiger partial charge in [0.2, 0.25) is 10.0 Å². The summed E-state index contributed by atoms with van der Waals surface area (Å²) in [4.78, 5) is 1.01. The summed E-state index contributed by atoms with van der Waals surface area (Å²) in [5.74, 6) is -0.0572. The van der Waals surface area contributed by atoms with Crippen molar-refractivity contribution in [2.24, 2.45) is 0 Å². The summed E-state index contributed by atoms with van der Waals surface area (Å²) >= 11 is 1.26. The van der Waals surface area contributed by atoms with Gasteiger partial charge in [-0.1, -0.05) is 31.2 Å². The highest BCUT2D eigenvalue weighted by Crippen LogP contribution is 2.22. The van der Waals surface area contributed by atoms with Gasteiger partial charge >= 0.3 is 0 Å². The van der Waals surface area contributed by atoms with Crippen LogP contribution in [-0.2, 0) is 38.6 Å². The van der Waals surface area contributed by atoms with E-state index in [1.807, 2.05) is 13.0 Å². The molecular weight excluding hydrogens is 354 g/mol. The average Bonchev–Trinajstić information content (AvgIpc) is 2.94. The lowest BCUT2D eigenvalue weighted by atomic mass is 10.1. The van der Waals surface area contributed by atoms with Crippen molar-refractivity contribution in [3.8, 4) is 0 Å². The van der Waals surface area contributed by atoms with Crippen LogP contribution < -0.4 is 4.72 Å². The second-order valence-corrected chi connectivity index (χ2v) is 10.6. The summed E-state index contributed by atoms with van der Waals surface area (Å²) in [6.07, 6.45) is 1.97.